The molecule has 0 aliphatic carbocycles. The molecule has 0 N–H and O–H groups in total. The van der Waals surface area contributed by atoms with Crippen molar-refractivity contribution in [3.05, 3.63) is 128 Å². The summed E-state index contributed by atoms with van der Waals surface area (Å²) in [5.74, 6) is -59.3. The van der Waals surface area contributed by atoms with Crippen molar-refractivity contribution in [3.8, 4) is 33.4 Å². The minimum atomic E-state index is -6.24. The van der Waals surface area contributed by atoms with Crippen LogP contribution in [-0.2, 0) is 6.18 Å². The number of hydrogen-bond acceptors (Lipinski definition) is 0. The SMILES string of the molecule is C[N+](C)(c1ccc(-c2c(F)c(F)c(F)c(F)c2F)c(-c2c(F)c(F)c(F)c(F)c2F)c1-c1c(F)c(F)c(F)c(F)c1F)c1c(F)c(F)c(C(F)(F)F)c(F)c1F. The van der Waals surface area contributed by atoms with Crippen LogP contribution in [0.25, 0.3) is 33.4 Å². The highest BCUT2D eigenvalue weighted by atomic mass is 19.4. The van der Waals surface area contributed by atoms with Crippen LogP contribution in [0.1, 0.15) is 5.56 Å². The average molecular weight is 836 g/mol. The van der Waals surface area contributed by atoms with E-state index in [1.54, 1.807) is 0 Å². The Morgan fingerprint density at radius 2 is 0.607 bits per heavy atom. The van der Waals surface area contributed by atoms with E-state index in [9.17, 15) is 61.5 Å². The zero-order chi connectivity index (χ0) is 42.6. The van der Waals surface area contributed by atoms with Crippen molar-refractivity contribution in [1.29, 1.82) is 0 Å². The first kappa shape index (κ1) is 41.7. The van der Waals surface area contributed by atoms with Crippen LogP contribution in [0, 0.1) is 111 Å². The molecule has 0 unspecified atom stereocenters. The Morgan fingerprint density at radius 1 is 0.321 bits per heavy atom. The van der Waals surface area contributed by atoms with E-state index in [1.807, 2.05) is 0 Å². The number of quaternary nitrogens is 1. The van der Waals surface area contributed by atoms with E-state index in [-0.39, 0.29) is 26.2 Å². The van der Waals surface area contributed by atoms with Crippen LogP contribution in [0.4, 0.5) is 108 Å². The standard InChI is InChI=1S/C33H8F22N/c1-56(2,32-30(51)19(40)12(33(53,54)55)20(41)31(32)52)6-4-3-5(8-13(34)21(42)27(48)22(43)14(8)35)7(10-15(36)23(44)28(49)24(45)16(10)37)9(6)11-17(38)25(46)29(50)26(47)18(11)39/h3-4H,1-2H3/q+1. The number of rotatable bonds is 5. The maximum atomic E-state index is 15.7. The highest BCUT2D eigenvalue weighted by Gasteiger charge is 2.48. The van der Waals surface area contributed by atoms with Gasteiger partial charge < -0.3 is 0 Å². The molecule has 0 aliphatic rings. The summed E-state index contributed by atoms with van der Waals surface area (Å²) in [6.07, 6.45) is -6.24. The third-order valence-corrected chi connectivity index (χ3v) is 8.27. The molecule has 23 heteroatoms. The first-order valence-corrected chi connectivity index (χ1v) is 14.2. The maximum absolute atomic E-state index is 15.7. The summed E-state index contributed by atoms with van der Waals surface area (Å²) in [7, 11) is 0.276. The lowest BCUT2D eigenvalue weighted by Gasteiger charge is -2.33. The van der Waals surface area contributed by atoms with Gasteiger partial charge in [-0.15, -0.1) is 0 Å². The van der Waals surface area contributed by atoms with Crippen LogP contribution in [-0.4, -0.2) is 14.1 Å². The summed E-state index contributed by atoms with van der Waals surface area (Å²) in [6.45, 7) is 0. The monoisotopic (exact) mass is 836 g/mol. The van der Waals surface area contributed by atoms with Crippen molar-refractivity contribution in [2.24, 2.45) is 0 Å². The Balaban J connectivity index is 2.22. The summed E-state index contributed by atoms with van der Waals surface area (Å²) >= 11 is 0. The zero-order valence-corrected chi connectivity index (χ0v) is 26.4. The number of halogens is 22. The Hall–Kier alpha value is -5.48. The topological polar surface area (TPSA) is 0 Å². The minimum absolute atomic E-state index is 0.136. The highest BCUT2D eigenvalue weighted by molar-refractivity contribution is 6.01. The molecule has 0 saturated heterocycles. The second-order valence-corrected chi connectivity index (χ2v) is 11.6. The van der Waals surface area contributed by atoms with Crippen molar-refractivity contribution in [3.63, 3.8) is 0 Å². The summed E-state index contributed by atoms with van der Waals surface area (Å²) in [5, 5.41) is 0. The fraction of sp³-hybridized carbons (Fsp3) is 0.0909. The third kappa shape index (κ3) is 5.79. The summed E-state index contributed by atoms with van der Waals surface area (Å²) in [5.41, 5.74) is -22.6. The normalized spacial score (nSPS) is 12.3. The predicted octanol–water partition coefficient (Wildman–Crippen LogP) is 12.2. The zero-order valence-electron chi connectivity index (χ0n) is 26.4. The molecular weight excluding hydrogens is 828 g/mol. The summed E-state index contributed by atoms with van der Waals surface area (Å²) in [6, 6.07) is -0.355. The summed E-state index contributed by atoms with van der Waals surface area (Å²) < 4.78 is 322. The van der Waals surface area contributed by atoms with Crippen molar-refractivity contribution < 1.29 is 96.6 Å². The van der Waals surface area contributed by atoms with Crippen molar-refractivity contribution in [2.75, 3.05) is 14.1 Å². The number of nitrogens with zero attached hydrogens (tertiary/aromatic N) is 1. The lowest BCUT2D eigenvalue weighted by molar-refractivity contribution is -0.143. The van der Waals surface area contributed by atoms with E-state index < -0.39 is 172 Å². The molecule has 0 amide bonds. The van der Waals surface area contributed by atoms with Crippen molar-refractivity contribution >= 4 is 11.4 Å². The maximum Gasteiger partial charge on any atom is 0.422 e. The molecule has 0 aliphatic heterocycles. The van der Waals surface area contributed by atoms with Gasteiger partial charge in [-0.3, -0.25) is 4.48 Å². The van der Waals surface area contributed by atoms with Gasteiger partial charge in [0, 0.05) is 11.6 Å². The number of benzene rings is 5. The van der Waals surface area contributed by atoms with Gasteiger partial charge in [0.15, 0.2) is 81.4 Å². The molecule has 0 bridgehead atoms. The van der Waals surface area contributed by atoms with Gasteiger partial charge in [-0.25, -0.2) is 74.6 Å². The molecule has 0 saturated carbocycles. The van der Waals surface area contributed by atoms with Gasteiger partial charge in [0.2, 0.25) is 34.8 Å². The molecule has 1 nitrogen and oxygen atoms in total. The third-order valence-electron chi connectivity index (χ3n) is 8.27. The molecule has 0 heterocycles. The number of hydrogen-bond donors (Lipinski definition) is 0. The first-order chi connectivity index (χ1) is 25.7. The quantitative estimate of drug-likeness (QED) is 0.0716. The molecule has 298 valence electrons. The van der Waals surface area contributed by atoms with Crippen LogP contribution in [0.3, 0.4) is 0 Å². The van der Waals surface area contributed by atoms with Crippen LogP contribution in [0.5, 0.6) is 0 Å². The molecule has 5 aromatic carbocycles. The van der Waals surface area contributed by atoms with E-state index >= 15 is 35.1 Å². The fourth-order valence-electron chi connectivity index (χ4n) is 5.75. The first-order valence-electron chi connectivity index (χ1n) is 14.2. The molecule has 5 aromatic rings. The Bertz CT molecular complexity index is 2420. The summed E-state index contributed by atoms with van der Waals surface area (Å²) in [4.78, 5) is 0. The second kappa shape index (κ2) is 13.6. The highest BCUT2D eigenvalue weighted by Crippen LogP contribution is 2.54. The lowest BCUT2D eigenvalue weighted by Crippen LogP contribution is -2.38. The lowest BCUT2D eigenvalue weighted by atomic mass is 9.84. The fourth-order valence-corrected chi connectivity index (χ4v) is 5.75. The minimum Gasteiger partial charge on any atom is -0.258 e. The van der Waals surface area contributed by atoms with Crippen LogP contribution in [0.15, 0.2) is 12.1 Å². The number of alkyl halides is 3. The van der Waals surface area contributed by atoms with E-state index in [1.165, 1.54) is 0 Å². The smallest absolute Gasteiger partial charge is 0.258 e. The Kier molecular flexibility index (Phi) is 10.1. The Morgan fingerprint density at radius 3 is 0.929 bits per heavy atom. The average Bonchev–Trinajstić information content (AvgIpc) is 3.12. The van der Waals surface area contributed by atoms with E-state index in [2.05, 4.69) is 0 Å². The van der Waals surface area contributed by atoms with Gasteiger partial charge in [0.25, 0.3) is 0 Å². The van der Waals surface area contributed by atoms with Gasteiger partial charge in [0.1, 0.15) is 11.3 Å². The van der Waals surface area contributed by atoms with Crippen molar-refractivity contribution in [1.82, 2.24) is 4.48 Å². The largest absolute Gasteiger partial charge is 0.422 e. The molecule has 0 spiro atoms. The van der Waals surface area contributed by atoms with Gasteiger partial charge in [0.05, 0.1) is 36.3 Å². The second-order valence-electron chi connectivity index (χ2n) is 11.6. The van der Waals surface area contributed by atoms with Gasteiger partial charge >= 0.3 is 6.18 Å². The van der Waals surface area contributed by atoms with Gasteiger partial charge in [-0.05, 0) is 11.6 Å². The Labute approximate surface area is 294 Å². The molecule has 0 atom stereocenters. The van der Waals surface area contributed by atoms with E-state index in [0.29, 0.717) is 0 Å². The molecule has 0 fully saturated rings. The van der Waals surface area contributed by atoms with Gasteiger partial charge in [-0.2, -0.15) is 22.0 Å². The van der Waals surface area contributed by atoms with E-state index in [0.717, 1.165) is 0 Å². The van der Waals surface area contributed by atoms with Crippen LogP contribution in [0.2, 0.25) is 0 Å². The van der Waals surface area contributed by atoms with Crippen LogP contribution < -0.4 is 4.48 Å². The van der Waals surface area contributed by atoms with Crippen molar-refractivity contribution in [2.45, 2.75) is 6.18 Å². The molecular formula is C33H8F22N+. The van der Waals surface area contributed by atoms with Crippen LogP contribution >= 0.6 is 0 Å². The van der Waals surface area contributed by atoms with E-state index in [4.69, 9.17) is 0 Å². The predicted molar refractivity (Wildman–Crippen MR) is 147 cm³/mol. The molecule has 0 radical (unpaired) electrons. The molecule has 56 heavy (non-hydrogen) atoms. The van der Waals surface area contributed by atoms with Gasteiger partial charge in [-0.1, -0.05) is 0 Å². The molecule has 5 rings (SSSR count). The molecule has 0 aromatic heterocycles.